The molecule has 0 fully saturated rings. The van der Waals surface area contributed by atoms with Crippen molar-refractivity contribution in [2.24, 2.45) is 0 Å². The SMILES string of the molecule is C/C=C/C(O)c1ccc(OC)cc1. The molecule has 2 heteroatoms. The molecule has 2 nitrogen and oxygen atoms in total. The number of hydrogen-bond acceptors (Lipinski definition) is 2. The molecule has 1 N–H and O–H groups in total. The predicted molar refractivity (Wildman–Crippen MR) is 52.8 cm³/mol. The smallest absolute Gasteiger partial charge is 0.118 e. The fourth-order valence-corrected chi connectivity index (χ4v) is 1.09. The third-order valence-electron chi connectivity index (χ3n) is 1.83. The van der Waals surface area contributed by atoms with E-state index < -0.39 is 6.10 Å². The summed E-state index contributed by atoms with van der Waals surface area (Å²) in [5.41, 5.74) is 0.874. The van der Waals surface area contributed by atoms with Gasteiger partial charge in [0, 0.05) is 0 Å². The molecule has 0 saturated heterocycles. The van der Waals surface area contributed by atoms with Crippen LogP contribution in [0, 0.1) is 0 Å². The zero-order chi connectivity index (χ0) is 9.68. The minimum absolute atomic E-state index is 0.518. The van der Waals surface area contributed by atoms with Crippen molar-refractivity contribution in [1.82, 2.24) is 0 Å². The van der Waals surface area contributed by atoms with E-state index in [0.717, 1.165) is 11.3 Å². The molecule has 0 heterocycles. The maximum atomic E-state index is 9.56. The van der Waals surface area contributed by atoms with Crippen LogP contribution in [0.3, 0.4) is 0 Å². The van der Waals surface area contributed by atoms with Gasteiger partial charge in [0.1, 0.15) is 5.75 Å². The summed E-state index contributed by atoms with van der Waals surface area (Å²) in [6, 6.07) is 7.37. The van der Waals surface area contributed by atoms with Gasteiger partial charge in [-0.25, -0.2) is 0 Å². The van der Waals surface area contributed by atoms with Gasteiger partial charge in [0.15, 0.2) is 0 Å². The molecule has 1 aromatic carbocycles. The van der Waals surface area contributed by atoms with Crippen LogP contribution in [-0.2, 0) is 0 Å². The quantitative estimate of drug-likeness (QED) is 0.720. The lowest BCUT2D eigenvalue weighted by Gasteiger charge is -2.06. The Labute approximate surface area is 78.5 Å². The lowest BCUT2D eigenvalue weighted by molar-refractivity contribution is 0.228. The molecule has 0 aliphatic rings. The summed E-state index contributed by atoms with van der Waals surface area (Å²) in [5.74, 6) is 0.802. The number of rotatable bonds is 3. The van der Waals surface area contributed by atoms with Crippen LogP contribution in [0.15, 0.2) is 36.4 Å². The van der Waals surface area contributed by atoms with E-state index in [2.05, 4.69) is 0 Å². The van der Waals surface area contributed by atoms with Gasteiger partial charge in [0.2, 0.25) is 0 Å². The second-order valence-electron chi connectivity index (χ2n) is 2.74. The normalized spacial score (nSPS) is 13.2. The summed E-state index contributed by atoms with van der Waals surface area (Å²) in [5, 5.41) is 9.56. The van der Waals surface area contributed by atoms with Crippen LogP contribution in [0.2, 0.25) is 0 Å². The molecule has 0 amide bonds. The van der Waals surface area contributed by atoms with Gasteiger partial charge < -0.3 is 9.84 Å². The van der Waals surface area contributed by atoms with Crippen LogP contribution in [0.1, 0.15) is 18.6 Å². The Hall–Kier alpha value is -1.28. The minimum Gasteiger partial charge on any atom is -0.497 e. The summed E-state index contributed by atoms with van der Waals surface area (Å²) in [6.07, 6.45) is 3.05. The van der Waals surface area contributed by atoms with Crippen LogP contribution in [0.4, 0.5) is 0 Å². The third-order valence-corrected chi connectivity index (χ3v) is 1.83. The first-order valence-corrected chi connectivity index (χ1v) is 4.22. The van der Waals surface area contributed by atoms with Crippen molar-refractivity contribution in [3.05, 3.63) is 42.0 Å². The first kappa shape index (κ1) is 9.81. The highest BCUT2D eigenvalue weighted by atomic mass is 16.5. The number of aliphatic hydroxyl groups is 1. The predicted octanol–water partition coefficient (Wildman–Crippen LogP) is 2.30. The Balaban J connectivity index is 2.79. The van der Waals surface area contributed by atoms with E-state index in [1.54, 1.807) is 13.2 Å². The highest BCUT2D eigenvalue weighted by Crippen LogP contribution is 2.18. The van der Waals surface area contributed by atoms with Crippen molar-refractivity contribution in [2.75, 3.05) is 7.11 Å². The Kier molecular flexibility index (Phi) is 3.53. The van der Waals surface area contributed by atoms with Gasteiger partial charge in [-0.3, -0.25) is 0 Å². The highest BCUT2D eigenvalue weighted by Gasteiger charge is 2.01. The van der Waals surface area contributed by atoms with E-state index in [4.69, 9.17) is 4.74 Å². The molecule has 0 aliphatic carbocycles. The van der Waals surface area contributed by atoms with Crippen LogP contribution in [0.5, 0.6) is 5.75 Å². The van der Waals surface area contributed by atoms with Crippen LogP contribution in [-0.4, -0.2) is 12.2 Å². The van der Waals surface area contributed by atoms with Crippen LogP contribution in [0.25, 0.3) is 0 Å². The summed E-state index contributed by atoms with van der Waals surface area (Å²) < 4.78 is 5.01. The maximum Gasteiger partial charge on any atom is 0.118 e. The summed E-state index contributed by atoms with van der Waals surface area (Å²) in [6.45, 7) is 1.88. The van der Waals surface area contributed by atoms with Crippen LogP contribution >= 0.6 is 0 Å². The fraction of sp³-hybridized carbons (Fsp3) is 0.273. The van der Waals surface area contributed by atoms with Gasteiger partial charge in [-0.05, 0) is 24.6 Å². The van der Waals surface area contributed by atoms with Crippen molar-refractivity contribution in [3.8, 4) is 5.75 Å². The van der Waals surface area contributed by atoms with E-state index >= 15 is 0 Å². The first-order chi connectivity index (χ1) is 6.27. The van der Waals surface area contributed by atoms with Gasteiger partial charge in [0.05, 0.1) is 13.2 Å². The Bertz CT molecular complexity index is 275. The molecule has 0 bridgehead atoms. The number of hydrogen-bond donors (Lipinski definition) is 1. The first-order valence-electron chi connectivity index (χ1n) is 4.22. The maximum absolute atomic E-state index is 9.56. The van der Waals surface area contributed by atoms with Crippen LogP contribution < -0.4 is 4.74 Å². The zero-order valence-corrected chi connectivity index (χ0v) is 7.90. The van der Waals surface area contributed by atoms with E-state index in [-0.39, 0.29) is 0 Å². The third kappa shape index (κ3) is 2.60. The van der Waals surface area contributed by atoms with Crippen molar-refractivity contribution < 1.29 is 9.84 Å². The van der Waals surface area contributed by atoms with E-state index in [1.807, 2.05) is 37.3 Å². The lowest BCUT2D eigenvalue weighted by atomic mass is 10.1. The Morgan fingerprint density at radius 3 is 2.38 bits per heavy atom. The van der Waals surface area contributed by atoms with Gasteiger partial charge >= 0.3 is 0 Å². The van der Waals surface area contributed by atoms with Gasteiger partial charge in [-0.15, -0.1) is 0 Å². The van der Waals surface area contributed by atoms with Gasteiger partial charge in [-0.2, -0.15) is 0 Å². The largest absolute Gasteiger partial charge is 0.497 e. The van der Waals surface area contributed by atoms with E-state index in [9.17, 15) is 5.11 Å². The molecule has 70 valence electrons. The number of ether oxygens (including phenoxy) is 1. The molecule has 13 heavy (non-hydrogen) atoms. The molecule has 1 rings (SSSR count). The molecule has 1 aromatic rings. The van der Waals surface area contributed by atoms with Crippen molar-refractivity contribution in [1.29, 1.82) is 0 Å². The van der Waals surface area contributed by atoms with Crippen molar-refractivity contribution in [2.45, 2.75) is 13.0 Å². The molecule has 0 aliphatic heterocycles. The highest BCUT2D eigenvalue weighted by molar-refractivity contribution is 5.29. The number of allylic oxidation sites excluding steroid dienone is 1. The fourth-order valence-electron chi connectivity index (χ4n) is 1.09. The van der Waals surface area contributed by atoms with E-state index in [0.29, 0.717) is 0 Å². The second kappa shape index (κ2) is 4.67. The molecule has 0 aromatic heterocycles. The van der Waals surface area contributed by atoms with Crippen molar-refractivity contribution in [3.63, 3.8) is 0 Å². The average molecular weight is 178 g/mol. The number of aliphatic hydroxyl groups excluding tert-OH is 1. The molecule has 1 unspecified atom stereocenters. The van der Waals surface area contributed by atoms with Gasteiger partial charge in [0.25, 0.3) is 0 Å². The summed E-state index contributed by atoms with van der Waals surface area (Å²) in [7, 11) is 1.62. The zero-order valence-electron chi connectivity index (χ0n) is 7.90. The summed E-state index contributed by atoms with van der Waals surface area (Å²) in [4.78, 5) is 0. The molecule has 0 spiro atoms. The Morgan fingerprint density at radius 1 is 1.31 bits per heavy atom. The number of methoxy groups -OCH3 is 1. The van der Waals surface area contributed by atoms with E-state index in [1.165, 1.54) is 0 Å². The number of benzene rings is 1. The molecule has 0 saturated carbocycles. The topological polar surface area (TPSA) is 29.5 Å². The lowest BCUT2D eigenvalue weighted by Crippen LogP contribution is -1.92. The second-order valence-corrected chi connectivity index (χ2v) is 2.74. The average Bonchev–Trinajstić information content (AvgIpc) is 2.18. The summed E-state index contributed by atoms with van der Waals surface area (Å²) >= 11 is 0. The molecular formula is C11H14O2. The molecule has 0 radical (unpaired) electrons. The molecule has 1 atom stereocenters. The standard InChI is InChI=1S/C11H14O2/c1-3-4-11(12)9-5-7-10(13-2)8-6-9/h3-8,11-12H,1-2H3/b4-3+. The molecular weight excluding hydrogens is 164 g/mol. The van der Waals surface area contributed by atoms with Crippen molar-refractivity contribution >= 4 is 0 Å². The monoisotopic (exact) mass is 178 g/mol. The minimum atomic E-state index is -0.518. The Morgan fingerprint density at radius 2 is 1.92 bits per heavy atom. The van der Waals surface area contributed by atoms with Gasteiger partial charge in [-0.1, -0.05) is 24.3 Å².